The third-order valence-corrected chi connectivity index (χ3v) is 5.09. The molecule has 0 heterocycles. The maximum absolute atomic E-state index is 12.6. The van der Waals surface area contributed by atoms with E-state index < -0.39 is 0 Å². The van der Waals surface area contributed by atoms with E-state index in [9.17, 15) is 9.59 Å². The van der Waals surface area contributed by atoms with E-state index in [2.05, 4.69) is 10.6 Å². The van der Waals surface area contributed by atoms with E-state index in [1.165, 1.54) is 12.2 Å². The van der Waals surface area contributed by atoms with Crippen molar-refractivity contribution in [1.29, 1.82) is 0 Å². The standard InChI is InChI=1S/C18H12Cl2N2O2/c1-21-11-3-7-9(19)6-14(24)18-12(22-2)4-8-10(20)5-13(23)17(11)15(8)16(7)18/h3-6,21-22H,1-2H3. The first-order chi connectivity index (χ1) is 11.5. The Morgan fingerprint density at radius 1 is 0.750 bits per heavy atom. The Morgan fingerprint density at radius 2 is 1.12 bits per heavy atom. The van der Waals surface area contributed by atoms with Gasteiger partial charge in [0.1, 0.15) is 0 Å². The van der Waals surface area contributed by atoms with E-state index in [4.69, 9.17) is 23.2 Å². The molecule has 0 spiro atoms. The second-order valence-corrected chi connectivity index (χ2v) is 6.47. The van der Waals surface area contributed by atoms with Gasteiger partial charge in [-0.3, -0.25) is 9.59 Å². The molecule has 6 heteroatoms. The molecule has 120 valence electrons. The summed E-state index contributed by atoms with van der Waals surface area (Å²) in [5.41, 5.74) is 3.78. The second kappa shape index (κ2) is 5.10. The van der Waals surface area contributed by atoms with Crippen molar-refractivity contribution in [2.45, 2.75) is 0 Å². The van der Waals surface area contributed by atoms with Gasteiger partial charge in [0.05, 0.1) is 21.2 Å². The van der Waals surface area contributed by atoms with Crippen molar-refractivity contribution in [2.75, 3.05) is 24.7 Å². The lowest BCUT2D eigenvalue weighted by Crippen LogP contribution is -2.14. The quantitative estimate of drug-likeness (QED) is 0.830. The number of carbonyl (C=O) groups excluding carboxylic acids is 2. The zero-order valence-electron chi connectivity index (χ0n) is 12.9. The molecule has 2 aliphatic carbocycles. The summed E-state index contributed by atoms with van der Waals surface area (Å²) < 4.78 is 0. The third kappa shape index (κ3) is 1.81. The summed E-state index contributed by atoms with van der Waals surface area (Å²) in [7, 11) is 3.48. The summed E-state index contributed by atoms with van der Waals surface area (Å²) in [6.45, 7) is 0. The first kappa shape index (κ1) is 15.2. The van der Waals surface area contributed by atoms with Crippen molar-refractivity contribution in [3.05, 3.63) is 46.5 Å². The highest BCUT2D eigenvalue weighted by Gasteiger charge is 2.31. The number of carbonyl (C=O) groups is 2. The Bertz CT molecular complexity index is 952. The average Bonchev–Trinajstić information content (AvgIpc) is 2.56. The Morgan fingerprint density at radius 3 is 1.46 bits per heavy atom. The van der Waals surface area contributed by atoms with Gasteiger partial charge >= 0.3 is 0 Å². The van der Waals surface area contributed by atoms with Crippen molar-refractivity contribution >= 4 is 67.0 Å². The van der Waals surface area contributed by atoms with Crippen molar-refractivity contribution < 1.29 is 9.59 Å². The summed E-state index contributed by atoms with van der Waals surface area (Å²) in [6.07, 6.45) is 2.81. The van der Waals surface area contributed by atoms with Crippen LogP contribution in [0.4, 0.5) is 11.4 Å². The van der Waals surface area contributed by atoms with Crippen LogP contribution < -0.4 is 10.6 Å². The monoisotopic (exact) mass is 358 g/mol. The first-order valence-corrected chi connectivity index (χ1v) is 8.10. The molecule has 0 unspecified atom stereocenters. The smallest absolute Gasteiger partial charge is 0.190 e. The molecule has 2 aromatic rings. The van der Waals surface area contributed by atoms with Crippen LogP contribution in [-0.2, 0) is 0 Å². The highest BCUT2D eigenvalue weighted by atomic mass is 35.5. The average molecular weight is 359 g/mol. The first-order valence-electron chi connectivity index (χ1n) is 7.35. The molecule has 4 rings (SSSR count). The van der Waals surface area contributed by atoms with Crippen molar-refractivity contribution in [2.24, 2.45) is 0 Å². The van der Waals surface area contributed by atoms with Gasteiger partial charge in [0.2, 0.25) is 0 Å². The Hall–Kier alpha value is -2.30. The lowest BCUT2D eigenvalue weighted by molar-refractivity contribution is 0.103. The molecule has 24 heavy (non-hydrogen) atoms. The van der Waals surface area contributed by atoms with Gasteiger partial charge in [0.25, 0.3) is 0 Å². The number of ketones is 2. The van der Waals surface area contributed by atoms with Crippen LogP contribution in [0.1, 0.15) is 31.8 Å². The number of halogens is 2. The Kier molecular flexibility index (Phi) is 3.24. The summed E-state index contributed by atoms with van der Waals surface area (Å²) in [5.74, 6) is -0.380. The summed E-state index contributed by atoms with van der Waals surface area (Å²) in [4.78, 5) is 25.1. The number of anilines is 2. The highest BCUT2D eigenvalue weighted by molar-refractivity contribution is 6.56. The van der Waals surface area contributed by atoms with E-state index in [1.807, 2.05) is 0 Å². The molecular weight excluding hydrogens is 347 g/mol. The molecule has 0 radical (unpaired) electrons. The van der Waals surface area contributed by atoms with E-state index in [0.717, 1.165) is 0 Å². The molecule has 2 aliphatic rings. The second-order valence-electron chi connectivity index (χ2n) is 5.66. The molecule has 0 fully saturated rings. The normalized spacial score (nSPS) is 15.3. The molecule has 0 aliphatic heterocycles. The molecular formula is C18H12Cl2N2O2. The van der Waals surface area contributed by atoms with Crippen LogP contribution in [0.15, 0.2) is 24.3 Å². The number of allylic oxidation sites excluding steroid dienone is 2. The topological polar surface area (TPSA) is 58.2 Å². The minimum Gasteiger partial charge on any atom is -0.387 e. The molecule has 0 amide bonds. The van der Waals surface area contributed by atoms with Gasteiger partial charge in [-0.1, -0.05) is 23.2 Å². The van der Waals surface area contributed by atoms with Crippen LogP contribution in [0.5, 0.6) is 0 Å². The van der Waals surface area contributed by atoms with Crippen LogP contribution >= 0.6 is 23.2 Å². The van der Waals surface area contributed by atoms with E-state index >= 15 is 0 Å². The lowest BCUT2D eigenvalue weighted by atomic mass is 9.82. The zero-order chi connectivity index (χ0) is 17.2. The molecule has 0 aromatic heterocycles. The summed E-state index contributed by atoms with van der Waals surface area (Å²) in [6, 6.07) is 3.61. The SMILES string of the molecule is CNc1cc2c3c(c(NC)cc4c3c1C(=O)C=C4Cl)C(=O)C=C2Cl. The van der Waals surface area contributed by atoms with Crippen LogP contribution in [-0.4, -0.2) is 25.7 Å². The maximum atomic E-state index is 12.6. The number of hydrogen-bond acceptors (Lipinski definition) is 4. The fourth-order valence-electron chi connectivity index (χ4n) is 3.45. The van der Waals surface area contributed by atoms with Crippen LogP contribution in [0.3, 0.4) is 0 Å². The molecule has 0 atom stereocenters. The molecule has 2 aromatic carbocycles. The Labute approximate surface area is 148 Å². The van der Waals surface area contributed by atoms with Gasteiger partial charge in [-0.15, -0.1) is 0 Å². The largest absolute Gasteiger partial charge is 0.387 e. The molecule has 0 saturated heterocycles. The third-order valence-electron chi connectivity index (χ3n) is 4.47. The number of nitrogens with one attached hydrogen (secondary N) is 2. The molecule has 0 bridgehead atoms. The lowest BCUT2D eigenvalue weighted by Gasteiger charge is -2.25. The van der Waals surface area contributed by atoms with Crippen molar-refractivity contribution in [3.8, 4) is 0 Å². The van der Waals surface area contributed by atoms with Crippen LogP contribution in [0, 0.1) is 0 Å². The summed E-state index contributed by atoms with van der Waals surface area (Å²) >= 11 is 12.7. The van der Waals surface area contributed by atoms with Gasteiger partial charge < -0.3 is 10.6 Å². The zero-order valence-corrected chi connectivity index (χ0v) is 14.4. The van der Waals surface area contributed by atoms with E-state index in [1.54, 1.807) is 26.2 Å². The molecule has 0 saturated carbocycles. The van der Waals surface area contributed by atoms with Crippen molar-refractivity contribution in [1.82, 2.24) is 0 Å². The number of benzene rings is 2. The molecule has 4 nitrogen and oxygen atoms in total. The van der Waals surface area contributed by atoms with Crippen molar-refractivity contribution in [3.63, 3.8) is 0 Å². The number of rotatable bonds is 2. The minimum atomic E-state index is -0.190. The van der Waals surface area contributed by atoms with Crippen LogP contribution in [0.2, 0.25) is 0 Å². The maximum Gasteiger partial charge on any atom is 0.190 e. The van der Waals surface area contributed by atoms with E-state index in [-0.39, 0.29) is 11.6 Å². The number of hydrogen-bond donors (Lipinski definition) is 2. The fraction of sp³-hybridized carbons (Fsp3) is 0.111. The Balaban J connectivity index is 2.33. The van der Waals surface area contributed by atoms with Gasteiger partial charge in [-0.2, -0.15) is 0 Å². The van der Waals surface area contributed by atoms with Gasteiger partial charge in [0.15, 0.2) is 11.6 Å². The molecule has 2 N–H and O–H groups in total. The van der Waals surface area contributed by atoms with Gasteiger partial charge in [0, 0.05) is 59.5 Å². The fourth-order valence-corrected chi connectivity index (χ4v) is 3.94. The van der Waals surface area contributed by atoms with Crippen LogP contribution in [0.25, 0.3) is 20.8 Å². The van der Waals surface area contributed by atoms with Gasteiger partial charge in [-0.05, 0) is 12.1 Å². The van der Waals surface area contributed by atoms with E-state index in [0.29, 0.717) is 54.5 Å². The predicted octanol–water partition coefficient (Wildman–Crippen LogP) is 4.48. The summed E-state index contributed by atoms with van der Waals surface area (Å²) in [5, 5.41) is 8.14. The minimum absolute atomic E-state index is 0.190. The van der Waals surface area contributed by atoms with Gasteiger partial charge in [-0.25, -0.2) is 0 Å². The highest BCUT2D eigenvalue weighted by Crippen LogP contribution is 2.47. The predicted molar refractivity (Wildman–Crippen MR) is 99.4 cm³/mol.